The van der Waals surface area contributed by atoms with Gasteiger partial charge in [-0.1, -0.05) is 229 Å². The lowest BCUT2D eigenvalue weighted by Crippen LogP contribution is -2.60. The highest BCUT2D eigenvalue weighted by atomic mass is 16.7. The molecule has 0 radical (unpaired) electrons. The van der Waals surface area contributed by atoms with Crippen molar-refractivity contribution < 1.29 is 39.8 Å². The molecular weight excluding hydrogens is 839 g/mol. The summed E-state index contributed by atoms with van der Waals surface area (Å²) < 4.78 is 11.2. The van der Waals surface area contributed by atoms with Gasteiger partial charge in [-0.05, 0) is 70.6 Å². The van der Waals surface area contributed by atoms with E-state index in [0.717, 1.165) is 51.4 Å². The zero-order chi connectivity index (χ0) is 48.7. The molecule has 0 aromatic heterocycles. The number of carbonyl (C=O) groups excluding carboxylic acids is 1. The molecule has 0 aromatic carbocycles. The predicted octanol–water partition coefficient (Wildman–Crippen LogP) is 13.7. The summed E-state index contributed by atoms with van der Waals surface area (Å²) in [5.74, 6) is -0.190. The summed E-state index contributed by atoms with van der Waals surface area (Å²) in [6, 6.07) is -0.827. The van der Waals surface area contributed by atoms with Gasteiger partial charge in [0.15, 0.2) is 6.29 Å². The second-order valence-electron chi connectivity index (χ2n) is 19.7. The maximum Gasteiger partial charge on any atom is 0.220 e. The lowest BCUT2D eigenvalue weighted by Gasteiger charge is -2.40. The molecule has 7 unspecified atom stereocenters. The number of rotatable bonds is 48. The van der Waals surface area contributed by atoms with Crippen LogP contribution in [0.2, 0.25) is 0 Å². The lowest BCUT2D eigenvalue weighted by atomic mass is 9.99. The first-order chi connectivity index (χ1) is 32.8. The van der Waals surface area contributed by atoms with Gasteiger partial charge in [0, 0.05) is 6.42 Å². The first kappa shape index (κ1) is 63.2. The van der Waals surface area contributed by atoms with E-state index in [1.54, 1.807) is 6.08 Å². The van der Waals surface area contributed by atoms with Crippen molar-refractivity contribution in [2.24, 2.45) is 0 Å². The van der Waals surface area contributed by atoms with Crippen LogP contribution in [0.1, 0.15) is 258 Å². The van der Waals surface area contributed by atoms with Crippen LogP contribution in [0, 0.1) is 0 Å². The first-order valence-electron chi connectivity index (χ1n) is 28.4. The van der Waals surface area contributed by atoms with Crippen LogP contribution in [-0.2, 0) is 14.3 Å². The Morgan fingerprint density at radius 1 is 0.493 bits per heavy atom. The Balaban J connectivity index is 2.15. The number of unbranched alkanes of at least 4 members (excludes halogenated alkanes) is 32. The van der Waals surface area contributed by atoms with Crippen LogP contribution in [0.4, 0.5) is 0 Å². The summed E-state index contributed by atoms with van der Waals surface area (Å²) in [4.78, 5) is 13.0. The molecule has 7 atom stereocenters. The molecule has 1 fully saturated rings. The third-order valence-corrected chi connectivity index (χ3v) is 13.4. The van der Waals surface area contributed by atoms with Gasteiger partial charge in [-0.2, -0.15) is 0 Å². The van der Waals surface area contributed by atoms with Crippen molar-refractivity contribution in [3.05, 3.63) is 48.6 Å². The molecule has 9 heteroatoms. The van der Waals surface area contributed by atoms with E-state index in [0.29, 0.717) is 6.42 Å². The SMILES string of the molecule is CCCCC/C=C/CC/C=C/CC/C=C/C(O)C(COC1OC(CO)C(O)C(O)C1O)NC(=O)CCCCCCCCCCCCCCCCC/C=C\CCCCCCCCCCCCCC. The van der Waals surface area contributed by atoms with E-state index < -0.39 is 49.5 Å². The van der Waals surface area contributed by atoms with E-state index in [-0.39, 0.29) is 12.5 Å². The van der Waals surface area contributed by atoms with Gasteiger partial charge in [0.05, 0.1) is 25.4 Å². The van der Waals surface area contributed by atoms with Crippen LogP contribution in [-0.4, -0.2) is 87.5 Å². The average Bonchev–Trinajstić information content (AvgIpc) is 3.33. The molecule has 1 amide bonds. The van der Waals surface area contributed by atoms with E-state index in [1.165, 1.54) is 186 Å². The Labute approximate surface area is 412 Å². The summed E-state index contributed by atoms with van der Waals surface area (Å²) in [5, 5.41) is 54.3. The van der Waals surface area contributed by atoms with Crippen molar-refractivity contribution in [1.29, 1.82) is 0 Å². The summed E-state index contributed by atoms with van der Waals surface area (Å²) in [6.07, 6.45) is 56.3. The third kappa shape index (κ3) is 37.6. The largest absolute Gasteiger partial charge is 0.394 e. The van der Waals surface area contributed by atoms with Crippen LogP contribution in [0.5, 0.6) is 0 Å². The highest BCUT2D eigenvalue weighted by Crippen LogP contribution is 2.23. The molecule has 0 aliphatic carbocycles. The maximum atomic E-state index is 13.0. The Morgan fingerprint density at radius 3 is 1.28 bits per heavy atom. The standard InChI is InChI=1S/C58H107NO8/c1-3-5-7-9-11-13-15-17-18-19-20-21-22-23-24-25-26-27-28-29-30-31-32-33-34-36-38-40-42-44-46-48-54(62)59-51(50-66-58-57(65)56(64)55(63)53(49-60)67-58)52(61)47-45-43-41-39-37-35-16-14-12-10-8-6-4-2/h12,14,23-24,37,39,45,47,51-53,55-58,60-61,63-65H,3-11,13,15-22,25-36,38,40-44,46,48-50H2,1-2H3,(H,59,62)/b14-12+,24-23-,39-37+,47-45+. The molecule has 6 N–H and O–H groups in total. The third-order valence-electron chi connectivity index (χ3n) is 13.4. The topological polar surface area (TPSA) is 149 Å². The van der Waals surface area contributed by atoms with E-state index in [1.807, 2.05) is 6.08 Å². The quantitative estimate of drug-likeness (QED) is 0.0261. The highest BCUT2D eigenvalue weighted by molar-refractivity contribution is 5.76. The van der Waals surface area contributed by atoms with Crippen LogP contribution in [0.3, 0.4) is 0 Å². The molecule has 9 nitrogen and oxygen atoms in total. The van der Waals surface area contributed by atoms with Gasteiger partial charge in [0.1, 0.15) is 24.4 Å². The van der Waals surface area contributed by atoms with Gasteiger partial charge in [-0.3, -0.25) is 4.79 Å². The molecule has 0 spiro atoms. The zero-order valence-corrected chi connectivity index (χ0v) is 43.4. The van der Waals surface area contributed by atoms with Crippen LogP contribution in [0.25, 0.3) is 0 Å². The minimum absolute atomic E-state index is 0.190. The van der Waals surface area contributed by atoms with E-state index in [9.17, 15) is 30.3 Å². The minimum Gasteiger partial charge on any atom is -0.394 e. The Morgan fingerprint density at radius 2 is 0.851 bits per heavy atom. The Bertz CT molecular complexity index is 1190. The molecule has 1 saturated heterocycles. The number of hydrogen-bond acceptors (Lipinski definition) is 8. The number of aliphatic hydroxyl groups is 5. The average molecular weight is 946 g/mol. The van der Waals surface area contributed by atoms with Crippen molar-refractivity contribution in [1.82, 2.24) is 5.32 Å². The second kappa shape index (κ2) is 47.8. The van der Waals surface area contributed by atoms with E-state index in [4.69, 9.17) is 9.47 Å². The second-order valence-corrected chi connectivity index (χ2v) is 19.7. The fourth-order valence-corrected chi connectivity index (χ4v) is 8.83. The number of amides is 1. The Kier molecular flexibility index (Phi) is 45.1. The van der Waals surface area contributed by atoms with Crippen molar-refractivity contribution in [3.8, 4) is 0 Å². The predicted molar refractivity (Wildman–Crippen MR) is 281 cm³/mol. The highest BCUT2D eigenvalue weighted by Gasteiger charge is 2.44. The molecule has 1 aliphatic rings. The molecule has 0 aromatic rings. The molecule has 1 aliphatic heterocycles. The van der Waals surface area contributed by atoms with Crippen molar-refractivity contribution in [2.75, 3.05) is 13.2 Å². The first-order valence-corrected chi connectivity index (χ1v) is 28.4. The van der Waals surface area contributed by atoms with Gasteiger partial charge in [0.2, 0.25) is 5.91 Å². The van der Waals surface area contributed by atoms with Gasteiger partial charge >= 0.3 is 0 Å². The summed E-state index contributed by atoms with van der Waals surface area (Å²) in [6.45, 7) is 3.73. The molecule has 67 heavy (non-hydrogen) atoms. The van der Waals surface area contributed by atoms with Gasteiger partial charge < -0.3 is 40.3 Å². The number of aliphatic hydroxyl groups excluding tert-OH is 5. The fourth-order valence-electron chi connectivity index (χ4n) is 8.83. The molecular formula is C58H107NO8. The molecule has 1 rings (SSSR count). The van der Waals surface area contributed by atoms with Crippen LogP contribution >= 0.6 is 0 Å². The number of carbonyl (C=O) groups is 1. The number of nitrogens with one attached hydrogen (secondary N) is 1. The maximum absolute atomic E-state index is 13.0. The number of hydrogen-bond donors (Lipinski definition) is 6. The van der Waals surface area contributed by atoms with Crippen molar-refractivity contribution >= 4 is 5.91 Å². The van der Waals surface area contributed by atoms with Crippen molar-refractivity contribution in [3.63, 3.8) is 0 Å². The monoisotopic (exact) mass is 946 g/mol. The number of ether oxygens (including phenoxy) is 2. The van der Waals surface area contributed by atoms with Crippen LogP contribution < -0.4 is 5.32 Å². The van der Waals surface area contributed by atoms with E-state index >= 15 is 0 Å². The summed E-state index contributed by atoms with van der Waals surface area (Å²) in [7, 11) is 0. The Hall–Kier alpha value is -1.85. The smallest absolute Gasteiger partial charge is 0.220 e. The normalized spacial score (nSPS) is 20.0. The fraction of sp³-hybridized carbons (Fsp3) is 0.845. The minimum atomic E-state index is -1.57. The van der Waals surface area contributed by atoms with Crippen molar-refractivity contribution in [2.45, 2.75) is 301 Å². The zero-order valence-electron chi connectivity index (χ0n) is 43.4. The van der Waals surface area contributed by atoms with Gasteiger partial charge in [0.25, 0.3) is 0 Å². The van der Waals surface area contributed by atoms with Gasteiger partial charge in [-0.15, -0.1) is 0 Å². The van der Waals surface area contributed by atoms with Crippen LogP contribution in [0.15, 0.2) is 48.6 Å². The van der Waals surface area contributed by atoms with Gasteiger partial charge in [-0.25, -0.2) is 0 Å². The lowest BCUT2D eigenvalue weighted by molar-refractivity contribution is -0.302. The number of allylic oxidation sites excluding steroid dienone is 7. The molecule has 0 saturated carbocycles. The molecule has 1 heterocycles. The van der Waals surface area contributed by atoms with E-state index in [2.05, 4.69) is 55.6 Å². The summed E-state index contributed by atoms with van der Waals surface area (Å²) in [5.41, 5.74) is 0. The summed E-state index contributed by atoms with van der Waals surface area (Å²) >= 11 is 0. The molecule has 392 valence electrons. The molecule has 0 bridgehead atoms.